The van der Waals surface area contributed by atoms with Gasteiger partial charge in [-0.25, -0.2) is 4.99 Å². The zero-order valence-electron chi connectivity index (χ0n) is 15.9. The van der Waals surface area contributed by atoms with Gasteiger partial charge in [-0.15, -0.1) is 0 Å². The van der Waals surface area contributed by atoms with Crippen molar-refractivity contribution in [2.45, 2.75) is 26.2 Å². The van der Waals surface area contributed by atoms with E-state index >= 15 is 0 Å². The van der Waals surface area contributed by atoms with E-state index in [9.17, 15) is 0 Å². The van der Waals surface area contributed by atoms with E-state index in [2.05, 4.69) is 70.4 Å². The largest absolute Gasteiger partial charge is 0.331 e. The Kier molecular flexibility index (Phi) is 4.46. The van der Waals surface area contributed by atoms with Crippen LogP contribution in [0.5, 0.6) is 0 Å². The molecule has 1 N–H and O–H groups in total. The van der Waals surface area contributed by atoms with Gasteiger partial charge in [-0.1, -0.05) is 48.0 Å². The summed E-state index contributed by atoms with van der Waals surface area (Å²) in [6, 6.07) is 18.9. The number of aromatic nitrogens is 1. The highest BCUT2D eigenvalue weighted by Gasteiger charge is 2.30. The summed E-state index contributed by atoms with van der Waals surface area (Å²) in [6.45, 7) is 4.86. The van der Waals surface area contributed by atoms with Crippen molar-refractivity contribution in [3.8, 4) is 0 Å². The first-order chi connectivity index (χ1) is 13.7. The van der Waals surface area contributed by atoms with Crippen molar-refractivity contribution >= 4 is 28.7 Å². The van der Waals surface area contributed by atoms with Crippen molar-refractivity contribution in [1.29, 1.82) is 0 Å². The van der Waals surface area contributed by atoms with Gasteiger partial charge in [0.05, 0.1) is 5.52 Å². The molecule has 3 heterocycles. The molecule has 2 aliphatic rings. The maximum atomic E-state index is 6.48. The van der Waals surface area contributed by atoms with Crippen molar-refractivity contribution in [1.82, 2.24) is 14.8 Å². The van der Waals surface area contributed by atoms with Gasteiger partial charge < -0.3 is 14.8 Å². The monoisotopic (exact) mass is 390 g/mol. The molecule has 0 fully saturated rings. The Morgan fingerprint density at radius 2 is 2.00 bits per heavy atom. The molecule has 0 aliphatic carbocycles. The molecule has 2 aliphatic heterocycles. The third-order valence-corrected chi connectivity index (χ3v) is 5.99. The van der Waals surface area contributed by atoms with Crippen LogP contribution in [-0.2, 0) is 6.54 Å². The average molecular weight is 391 g/mol. The predicted molar refractivity (Wildman–Crippen MR) is 116 cm³/mol. The Morgan fingerprint density at radius 3 is 2.86 bits per heavy atom. The normalized spacial score (nSPS) is 19.4. The van der Waals surface area contributed by atoms with Crippen LogP contribution in [0.1, 0.15) is 24.0 Å². The van der Waals surface area contributed by atoms with Crippen LogP contribution in [-0.4, -0.2) is 28.8 Å². The topological polar surface area (TPSA) is 32.6 Å². The molecule has 1 atom stereocenters. The van der Waals surface area contributed by atoms with Crippen molar-refractivity contribution in [2.24, 2.45) is 4.99 Å². The van der Waals surface area contributed by atoms with Crippen LogP contribution in [0.4, 0.5) is 0 Å². The van der Waals surface area contributed by atoms with Gasteiger partial charge in [-0.05, 0) is 30.7 Å². The maximum absolute atomic E-state index is 6.48. The lowest BCUT2D eigenvalue weighted by molar-refractivity contribution is 0.174. The second kappa shape index (κ2) is 7.12. The van der Waals surface area contributed by atoms with E-state index in [-0.39, 0.29) is 6.29 Å². The quantitative estimate of drug-likeness (QED) is 0.690. The van der Waals surface area contributed by atoms with Crippen LogP contribution < -0.4 is 5.32 Å². The first-order valence-corrected chi connectivity index (χ1v) is 10.1. The molecule has 2 aromatic carbocycles. The first-order valence-electron chi connectivity index (χ1n) is 9.75. The zero-order chi connectivity index (χ0) is 19.1. The summed E-state index contributed by atoms with van der Waals surface area (Å²) in [5.41, 5.74) is 6.28. The Hall–Kier alpha value is -2.56. The predicted octanol–water partition coefficient (Wildman–Crippen LogP) is 4.89. The van der Waals surface area contributed by atoms with Crippen LogP contribution in [0.2, 0.25) is 5.02 Å². The van der Waals surface area contributed by atoms with E-state index in [0.717, 1.165) is 42.0 Å². The molecule has 0 saturated heterocycles. The summed E-state index contributed by atoms with van der Waals surface area (Å²) < 4.78 is 2.31. The van der Waals surface area contributed by atoms with Gasteiger partial charge in [0.25, 0.3) is 0 Å². The molecular formula is C23H23ClN4. The number of fused-ring (bicyclic) bond motifs is 1. The molecule has 0 spiro atoms. The number of aliphatic imine (C=N–C) groups is 1. The second-order valence-corrected chi connectivity index (χ2v) is 7.87. The fraction of sp³-hybridized carbons (Fsp3) is 0.261. The van der Waals surface area contributed by atoms with Gasteiger partial charge in [-0.2, -0.15) is 0 Å². The molecule has 28 heavy (non-hydrogen) atoms. The summed E-state index contributed by atoms with van der Waals surface area (Å²) in [5.74, 6) is 0. The number of halogens is 1. The lowest BCUT2D eigenvalue weighted by Gasteiger charge is -2.40. The third-order valence-electron chi connectivity index (χ3n) is 5.66. The Labute approximate surface area is 170 Å². The van der Waals surface area contributed by atoms with Crippen molar-refractivity contribution in [3.63, 3.8) is 0 Å². The molecule has 0 saturated carbocycles. The molecule has 4 nitrogen and oxygen atoms in total. The summed E-state index contributed by atoms with van der Waals surface area (Å²) in [5, 5.41) is 5.34. The van der Waals surface area contributed by atoms with E-state index in [1.54, 1.807) is 0 Å². The van der Waals surface area contributed by atoms with Gasteiger partial charge in [0.15, 0.2) is 0 Å². The lowest BCUT2D eigenvalue weighted by atomic mass is 10.0. The van der Waals surface area contributed by atoms with E-state index in [1.165, 1.54) is 22.5 Å². The van der Waals surface area contributed by atoms with Crippen LogP contribution in [0.25, 0.3) is 10.9 Å². The number of hydrogen-bond donors (Lipinski definition) is 1. The molecule has 5 rings (SSSR count). The average Bonchev–Trinajstić information content (AvgIpc) is 3.06. The van der Waals surface area contributed by atoms with Crippen molar-refractivity contribution in [3.05, 3.63) is 82.1 Å². The van der Waals surface area contributed by atoms with Gasteiger partial charge in [0, 0.05) is 59.6 Å². The molecule has 0 bridgehead atoms. The molecule has 0 amide bonds. The smallest absolute Gasteiger partial charge is 0.203 e. The standard InChI is InChI=1S/C23H23ClN4/c1-16-12-19-20(24)8-5-9-22(19)28(16)23-26-14-18-13-25-11-10-21(18)27(23)15-17-6-3-2-4-7-17/h2-9,12,14,23,25H,10-11,13,15H2,1H3. The number of benzene rings is 2. The highest BCUT2D eigenvalue weighted by atomic mass is 35.5. The third kappa shape index (κ3) is 2.93. The molecule has 1 unspecified atom stereocenters. The van der Waals surface area contributed by atoms with Crippen LogP contribution in [0, 0.1) is 6.92 Å². The fourth-order valence-corrected chi connectivity index (χ4v) is 4.56. The maximum Gasteiger partial charge on any atom is 0.203 e. The molecule has 5 heteroatoms. The van der Waals surface area contributed by atoms with Crippen molar-refractivity contribution in [2.75, 3.05) is 13.1 Å². The SMILES string of the molecule is Cc1cc2c(Cl)cccc2n1C1N=CC2=C(CCNC2)N1Cc1ccccc1. The van der Waals surface area contributed by atoms with Crippen LogP contribution in [0.3, 0.4) is 0 Å². The Bertz CT molecular complexity index is 1080. The highest BCUT2D eigenvalue weighted by molar-refractivity contribution is 6.35. The van der Waals surface area contributed by atoms with Crippen molar-refractivity contribution < 1.29 is 0 Å². The van der Waals surface area contributed by atoms with Crippen LogP contribution >= 0.6 is 11.6 Å². The molecule has 1 aromatic heterocycles. The number of rotatable bonds is 3. The minimum atomic E-state index is -0.104. The number of hydrogen-bond acceptors (Lipinski definition) is 3. The Balaban J connectivity index is 1.64. The minimum Gasteiger partial charge on any atom is -0.331 e. The number of nitrogens with zero attached hydrogens (tertiary/aromatic N) is 3. The highest BCUT2D eigenvalue weighted by Crippen LogP contribution is 2.36. The summed E-state index contributed by atoms with van der Waals surface area (Å²) >= 11 is 6.48. The van der Waals surface area contributed by atoms with E-state index < -0.39 is 0 Å². The van der Waals surface area contributed by atoms with E-state index in [0.29, 0.717) is 0 Å². The van der Waals surface area contributed by atoms with Gasteiger partial charge in [-0.3, -0.25) is 0 Å². The number of aryl methyl sites for hydroxylation is 1. The fourth-order valence-electron chi connectivity index (χ4n) is 4.33. The summed E-state index contributed by atoms with van der Waals surface area (Å²) in [6.07, 6.45) is 2.97. The van der Waals surface area contributed by atoms with Gasteiger partial charge in [0.1, 0.15) is 0 Å². The Morgan fingerprint density at radius 1 is 1.14 bits per heavy atom. The minimum absolute atomic E-state index is 0.104. The first kappa shape index (κ1) is 17.5. The second-order valence-electron chi connectivity index (χ2n) is 7.47. The van der Waals surface area contributed by atoms with Crippen LogP contribution in [0.15, 0.2) is 70.9 Å². The molecule has 142 valence electrons. The molecule has 3 aromatic rings. The van der Waals surface area contributed by atoms with E-state index in [4.69, 9.17) is 16.6 Å². The summed E-state index contributed by atoms with van der Waals surface area (Å²) in [4.78, 5) is 7.45. The van der Waals surface area contributed by atoms with Gasteiger partial charge in [0.2, 0.25) is 6.29 Å². The van der Waals surface area contributed by atoms with E-state index in [1.807, 2.05) is 12.1 Å². The summed E-state index contributed by atoms with van der Waals surface area (Å²) in [7, 11) is 0. The lowest BCUT2D eigenvalue weighted by Crippen LogP contribution is -2.40. The zero-order valence-corrected chi connectivity index (χ0v) is 16.7. The molecule has 0 radical (unpaired) electrons. The number of nitrogens with one attached hydrogen (secondary N) is 1. The molecular weight excluding hydrogens is 368 g/mol. The van der Waals surface area contributed by atoms with Gasteiger partial charge >= 0.3 is 0 Å².